The lowest BCUT2D eigenvalue weighted by molar-refractivity contribution is 0.0719. The Kier molecular flexibility index (Phi) is 3.95. The first kappa shape index (κ1) is 11.3. The van der Waals surface area contributed by atoms with Crippen LogP contribution >= 0.6 is 0 Å². The largest absolute Gasteiger partial charge is 0.489 e. The second kappa shape index (κ2) is 5.23. The summed E-state index contributed by atoms with van der Waals surface area (Å²) in [6, 6.07) is 6.96. The predicted molar refractivity (Wildman–Crippen MR) is 57.5 cm³/mol. The van der Waals surface area contributed by atoms with Crippen molar-refractivity contribution in [3.05, 3.63) is 23.8 Å². The van der Waals surface area contributed by atoms with Gasteiger partial charge < -0.3 is 15.2 Å². The number of benzene rings is 1. The normalized spacial score (nSPS) is 11.8. The van der Waals surface area contributed by atoms with Gasteiger partial charge in [0.05, 0.1) is 23.4 Å². The molecule has 1 aromatic carbocycles. The second-order valence-electron chi connectivity index (χ2n) is 3.22. The van der Waals surface area contributed by atoms with E-state index in [0.29, 0.717) is 23.6 Å². The molecular formula is C11H14N2O2. The molecule has 0 fully saturated rings. The summed E-state index contributed by atoms with van der Waals surface area (Å²) in [5.74, 6) is 0.581. The molecule has 0 bridgehead atoms. The lowest BCUT2D eigenvalue weighted by Gasteiger charge is -2.12. The summed E-state index contributed by atoms with van der Waals surface area (Å²) >= 11 is 0. The molecule has 4 nitrogen and oxygen atoms in total. The van der Waals surface area contributed by atoms with E-state index in [1.54, 1.807) is 25.3 Å². The van der Waals surface area contributed by atoms with E-state index in [2.05, 4.69) is 0 Å². The molecule has 0 aromatic heterocycles. The van der Waals surface area contributed by atoms with E-state index in [4.69, 9.17) is 20.5 Å². The average Bonchev–Trinajstić information content (AvgIpc) is 2.26. The fraction of sp³-hybridized carbons (Fsp3) is 0.364. The van der Waals surface area contributed by atoms with Gasteiger partial charge in [-0.3, -0.25) is 0 Å². The monoisotopic (exact) mass is 206 g/mol. The fourth-order valence-corrected chi connectivity index (χ4v) is 1.02. The van der Waals surface area contributed by atoms with Crippen molar-refractivity contribution in [2.45, 2.75) is 13.0 Å². The Morgan fingerprint density at radius 3 is 2.80 bits per heavy atom. The Hall–Kier alpha value is -1.73. The topological polar surface area (TPSA) is 68.3 Å². The van der Waals surface area contributed by atoms with Gasteiger partial charge in [0.25, 0.3) is 0 Å². The third-order valence-electron chi connectivity index (χ3n) is 2.01. The molecule has 15 heavy (non-hydrogen) atoms. The molecule has 0 heterocycles. The molecule has 0 radical (unpaired) electrons. The summed E-state index contributed by atoms with van der Waals surface area (Å²) in [6.45, 7) is 2.34. The molecule has 0 spiro atoms. The van der Waals surface area contributed by atoms with E-state index in [1.807, 2.05) is 13.0 Å². The molecular weight excluding hydrogens is 192 g/mol. The molecule has 2 N–H and O–H groups in total. The van der Waals surface area contributed by atoms with Gasteiger partial charge in [-0.05, 0) is 25.1 Å². The molecule has 0 amide bonds. The Labute approximate surface area is 89.2 Å². The molecule has 4 heteroatoms. The van der Waals surface area contributed by atoms with Crippen LogP contribution < -0.4 is 10.5 Å². The highest BCUT2D eigenvalue weighted by molar-refractivity contribution is 5.56. The first-order valence-electron chi connectivity index (χ1n) is 4.62. The minimum absolute atomic E-state index is 0.0139. The van der Waals surface area contributed by atoms with Crippen LogP contribution in [0.15, 0.2) is 18.2 Å². The van der Waals surface area contributed by atoms with Gasteiger partial charge in [-0.25, -0.2) is 0 Å². The van der Waals surface area contributed by atoms with Gasteiger partial charge in [0, 0.05) is 7.11 Å². The molecule has 1 aromatic rings. The van der Waals surface area contributed by atoms with Crippen molar-refractivity contribution >= 4 is 5.69 Å². The molecule has 1 atom stereocenters. The second-order valence-corrected chi connectivity index (χ2v) is 3.22. The molecule has 0 aliphatic carbocycles. The summed E-state index contributed by atoms with van der Waals surface area (Å²) in [4.78, 5) is 0. The minimum atomic E-state index is 0.0139. The highest BCUT2D eigenvalue weighted by Gasteiger charge is 2.04. The van der Waals surface area contributed by atoms with Gasteiger partial charge in [0.15, 0.2) is 0 Å². The highest BCUT2D eigenvalue weighted by Crippen LogP contribution is 2.22. The summed E-state index contributed by atoms with van der Waals surface area (Å²) in [5.41, 5.74) is 6.70. The Morgan fingerprint density at radius 2 is 2.27 bits per heavy atom. The average molecular weight is 206 g/mol. The predicted octanol–water partition coefficient (Wildman–Crippen LogP) is 1.55. The van der Waals surface area contributed by atoms with Gasteiger partial charge in [-0.15, -0.1) is 0 Å². The van der Waals surface area contributed by atoms with E-state index < -0.39 is 0 Å². The maximum Gasteiger partial charge on any atom is 0.142 e. The van der Waals surface area contributed by atoms with E-state index in [-0.39, 0.29) is 6.10 Å². The van der Waals surface area contributed by atoms with E-state index in [9.17, 15) is 0 Å². The molecule has 0 saturated heterocycles. The zero-order valence-electron chi connectivity index (χ0n) is 8.86. The molecule has 0 aliphatic rings. The number of nitriles is 1. The van der Waals surface area contributed by atoms with Gasteiger partial charge in [0.2, 0.25) is 0 Å². The van der Waals surface area contributed by atoms with Gasteiger partial charge in [0.1, 0.15) is 12.4 Å². The van der Waals surface area contributed by atoms with Crippen LogP contribution in [0, 0.1) is 11.3 Å². The number of nitrogens with two attached hydrogens (primary N) is 1. The van der Waals surface area contributed by atoms with Crippen LogP contribution in [-0.2, 0) is 4.74 Å². The van der Waals surface area contributed by atoms with Crippen molar-refractivity contribution in [2.24, 2.45) is 0 Å². The zero-order chi connectivity index (χ0) is 11.3. The van der Waals surface area contributed by atoms with Crippen LogP contribution in [0.3, 0.4) is 0 Å². The summed E-state index contributed by atoms with van der Waals surface area (Å²) in [7, 11) is 1.62. The lowest BCUT2D eigenvalue weighted by Crippen LogP contribution is -2.16. The van der Waals surface area contributed by atoms with Gasteiger partial charge >= 0.3 is 0 Å². The van der Waals surface area contributed by atoms with Gasteiger partial charge in [-0.2, -0.15) is 5.26 Å². The van der Waals surface area contributed by atoms with Crippen molar-refractivity contribution in [3.8, 4) is 11.8 Å². The molecule has 1 rings (SSSR count). The van der Waals surface area contributed by atoms with Gasteiger partial charge in [-0.1, -0.05) is 0 Å². The summed E-state index contributed by atoms with van der Waals surface area (Å²) in [6.07, 6.45) is 0.0139. The van der Waals surface area contributed by atoms with Crippen molar-refractivity contribution in [1.82, 2.24) is 0 Å². The number of methoxy groups -OCH3 is 1. The van der Waals surface area contributed by atoms with Crippen LogP contribution in [0.2, 0.25) is 0 Å². The minimum Gasteiger partial charge on any atom is -0.489 e. The van der Waals surface area contributed by atoms with Crippen molar-refractivity contribution < 1.29 is 9.47 Å². The molecule has 1 unspecified atom stereocenters. The van der Waals surface area contributed by atoms with Crippen LogP contribution in [-0.4, -0.2) is 19.8 Å². The number of hydrogen-bond donors (Lipinski definition) is 1. The number of rotatable bonds is 4. The lowest BCUT2D eigenvalue weighted by atomic mass is 10.2. The van der Waals surface area contributed by atoms with E-state index in [1.165, 1.54) is 0 Å². The van der Waals surface area contributed by atoms with Crippen LogP contribution in [0.5, 0.6) is 5.75 Å². The fourth-order valence-electron chi connectivity index (χ4n) is 1.02. The maximum atomic E-state index is 8.64. The van der Waals surface area contributed by atoms with Crippen LogP contribution in [0.25, 0.3) is 0 Å². The Bertz CT molecular complexity index is 371. The van der Waals surface area contributed by atoms with Crippen molar-refractivity contribution in [3.63, 3.8) is 0 Å². The number of anilines is 1. The maximum absolute atomic E-state index is 8.64. The Balaban J connectivity index is 2.67. The number of ether oxygens (including phenoxy) is 2. The third kappa shape index (κ3) is 3.15. The quantitative estimate of drug-likeness (QED) is 0.759. The number of nitrogens with zero attached hydrogens (tertiary/aromatic N) is 1. The highest BCUT2D eigenvalue weighted by atomic mass is 16.5. The smallest absolute Gasteiger partial charge is 0.142 e. The van der Waals surface area contributed by atoms with E-state index >= 15 is 0 Å². The number of hydrogen-bond acceptors (Lipinski definition) is 4. The Morgan fingerprint density at radius 1 is 1.53 bits per heavy atom. The first-order valence-corrected chi connectivity index (χ1v) is 4.62. The zero-order valence-corrected chi connectivity index (χ0v) is 8.86. The van der Waals surface area contributed by atoms with E-state index in [0.717, 1.165) is 0 Å². The van der Waals surface area contributed by atoms with Crippen LogP contribution in [0.1, 0.15) is 12.5 Å². The third-order valence-corrected chi connectivity index (χ3v) is 2.01. The molecule has 80 valence electrons. The SMILES string of the molecule is COC(C)COc1ccc(C#N)cc1N. The summed E-state index contributed by atoms with van der Waals surface area (Å²) < 4.78 is 10.5. The molecule has 0 aliphatic heterocycles. The first-order chi connectivity index (χ1) is 7.17. The number of nitrogen functional groups attached to an aromatic ring is 1. The van der Waals surface area contributed by atoms with Crippen molar-refractivity contribution in [1.29, 1.82) is 5.26 Å². The standard InChI is InChI=1S/C11H14N2O2/c1-8(14-2)7-15-11-4-3-9(6-12)5-10(11)13/h3-5,8H,7,13H2,1-2H3. The molecule has 0 saturated carbocycles. The van der Waals surface area contributed by atoms with Crippen LogP contribution in [0.4, 0.5) is 5.69 Å². The summed E-state index contributed by atoms with van der Waals surface area (Å²) in [5, 5.41) is 8.64. The van der Waals surface area contributed by atoms with Crippen molar-refractivity contribution in [2.75, 3.05) is 19.5 Å².